The molecule has 0 aliphatic carbocycles. The number of benzene rings is 1. The van der Waals surface area contributed by atoms with E-state index in [0.717, 1.165) is 36.6 Å². The number of hydrogen-bond donors (Lipinski definition) is 1. The lowest BCUT2D eigenvalue weighted by Crippen LogP contribution is -1.99. The third kappa shape index (κ3) is 3.31. The van der Waals surface area contributed by atoms with Gasteiger partial charge in [-0.1, -0.05) is 18.2 Å². The van der Waals surface area contributed by atoms with Crippen molar-refractivity contribution in [3.63, 3.8) is 0 Å². The first kappa shape index (κ1) is 13.1. The Hall–Kier alpha value is -1.39. The molecule has 0 amide bonds. The normalized spacial score (nSPS) is 10.6. The molecule has 0 fully saturated rings. The van der Waals surface area contributed by atoms with Crippen molar-refractivity contribution in [3.05, 3.63) is 45.9 Å². The number of hydrogen-bond acceptors (Lipinski definition) is 4. The van der Waals surface area contributed by atoms with Gasteiger partial charge in [0.2, 0.25) is 0 Å². The van der Waals surface area contributed by atoms with Crippen LogP contribution < -0.4 is 10.5 Å². The van der Waals surface area contributed by atoms with Crippen LogP contribution in [0.1, 0.15) is 21.9 Å². The molecule has 2 rings (SSSR count). The highest BCUT2D eigenvalue weighted by Gasteiger charge is 2.06. The Bertz CT molecular complexity index is 496. The zero-order valence-electron chi connectivity index (χ0n) is 10.6. The minimum atomic E-state index is 0.736. The Kier molecular flexibility index (Phi) is 4.73. The topological polar surface area (TPSA) is 48.1 Å². The number of aromatic nitrogens is 1. The summed E-state index contributed by atoms with van der Waals surface area (Å²) < 4.78 is 5.35. The molecule has 1 heterocycles. The molecule has 0 bridgehead atoms. The van der Waals surface area contributed by atoms with E-state index in [1.165, 1.54) is 10.4 Å². The second-order valence-electron chi connectivity index (χ2n) is 4.10. The summed E-state index contributed by atoms with van der Waals surface area (Å²) in [6, 6.07) is 8.08. The van der Waals surface area contributed by atoms with Crippen LogP contribution in [0, 0.1) is 0 Å². The summed E-state index contributed by atoms with van der Waals surface area (Å²) in [6.45, 7) is 0.736. The van der Waals surface area contributed by atoms with E-state index in [2.05, 4.69) is 11.1 Å². The fourth-order valence-electron chi connectivity index (χ4n) is 1.83. The van der Waals surface area contributed by atoms with Crippen LogP contribution in [-0.2, 0) is 12.8 Å². The molecule has 18 heavy (non-hydrogen) atoms. The zero-order valence-corrected chi connectivity index (χ0v) is 11.4. The molecule has 2 aromatic rings. The average Bonchev–Trinajstić information content (AvgIpc) is 2.84. The summed E-state index contributed by atoms with van der Waals surface area (Å²) >= 11 is 1.76. The van der Waals surface area contributed by atoms with Gasteiger partial charge in [-0.2, -0.15) is 0 Å². The highest BCUT2D eigenvalue weighted by atomic mass is 32.1. The molecule has 0 saturated heterocycles. The highest BCUT2D eigenvalue weighted by molar-refractivity contribution is 7.11. The van der Waals surface area contributed by atoms with Gasteiger partial charge in [0.05, 0.1) is 12.1 Å². The smallest absolute Gasteiger partial charge is 0.122 e. The molecular weight excluding hydrogens is 244 g/mol. The maximum absolute atomic E-state index is 5.51. The summed E-state index contributed by atoms with van der Waals surface area (Å²) in [5, 5.41) is 1.13. The van der Waals surface area contributed by atoms with Crippen molar-refractivity contribution in [2.75, 3.05) is 13.7 Å². The molecule has 3 nitrogen and oxygen atoms in total. The Balaban J connectivity index is 2.06. The number of methoxy groups -OCH3 is 1. The van der Waals surface area contributed by atoms with Crippen LogP contribution in [0.3, 0.4) is 0 Å². The molecule has 0 radical (unpaired) electrons. The lowest BCUT2D eigenvalue weighted by atomic mass is 10.1. The number of thiazole rings is 1. The molecule has 0 aliphatic rings. The lowest BCUT2D eigenvalue weighted by molar-refractivity contribution is 0.410. The second kappa shape index (κ2) is 6.52. The number of ether oxygens (including phenoxy) is 1. The van der Waals surface area contributed by atoms with Crippen LogP contribution >= 0.6 is 11.3 Å². The molecule has 0 atom stereocenters. The van der Waals surface area contributed by atoms with E-state index in [0.29, 0.717) is 0 Å². The van der Waals surface area contributed by atoms with Crippen LogP contribution in [0.2, 0.25) is 0 Å². The Labute approximate surface area is 112 Å². The summed E-state index contributed by atoms with van der Waals surface area (Å²) in [6.07, 6.45) is 4.85. The minimum absolute atomic E-state index is 0.736. The van der Waals surface area contributed by atoms with Gasteiger partial charge in [-0.15, -0.1) is 11.3 Å². The van der Waals surface area contributed by atoms with Gasteiger partial charge in [0, 0.05) is 23.1 Å². The van der Waals surface area contributed by atoms with Gasteiger partial charge in [-0.05, 0) is 25.5 Å². The second-order valence-corrected chi connectivity index (χ2v) is 5.30. The van der Waals surface area contributed by atoms with Crippen LogP contribution in [0.15, 0.2) is 30.5 Å². The number of aryl methyl sites for hydroxylation is 1. The molecule has 4 heteroatoms. The van der Waals surface area contributed by atoms with Crippen LogP contribution in [0.4, 0.5) is 0 Å². The van der Waals surface area contributed by atoms with Crippen molar-refractivity contribution in [3.8, 4) is 5.75 Å². The highest BCUT2D eigenvalue weighted by Crippen LogP contribution is 2.23. The summed E-state index contributed by atoms with van der Waals surface area (Å²) in [4.78, 5) is 5.77. The molecule has 1 aromatic carbocycles. The first-order valence-electron chi connectivity index (χ1n) is 6.09. The van der Waals surface area contributed by atoms with Gasteiger partial charge in [0.15, 0.2) is 0 Å². The monoisotopic (exact) mass is 262 g/mol. The summed E-state index contributed by atoms with van der Waals surface area (Å²) in [7, 11) is 1.70. The third-order valence-electron chi connectivity index (χ3n) is 2.76. The van der Waals surface area contributed by atoms with Gasteiger partial charge in [0.1, 0.15) is 5.75 Å². The largest absolute Gasteiger partial charge is 0.496 e. The number of para-hydroxylation sites is 1. The van der Waals surface area contributed by atoms with E-state index < -0.39 is 0 Å². The van der Waals surface area contributed by atoms with Gasteiger partial charge in [-0.3, -0.25) is 0 Å². The molecule has 1 aromatic heterocycles. The Morgan fingerprint density at radius 2 is 2.17 bits per heavy atom. The van der Waals surface area contributed by atoms with Gasteiger partial charge < -0.3 is 10.5 Å². The molecule has 0 unspecified atom stereocenters. The van der Waals surface area contributed by atoms with E-state index in [-0.39, 0.29) is 0 Å². The molecule has 0 spiro atoms. The Morgan fingerprint density at radius 3 is 2.94 bits per heavy atom. The van der Waals surface area contributed by atoms with E-state index in [9.17, 15) is 0 Å². The minimum Gasteiger partial charge on any atom is -0.496 e. The van der Waals surface area contributed by atoms with Crippen molar-refractivity contribution < 1.29 is 4.74 Å². The molecule has 0 saturated carbocycles. The third-order valence-corrected chi connectivity index (χ3v) is 3.82. The molecule has 2 N–H and O–H groups in total. The van der Waals surface area contributed by atoms with Gasteiger partial charge in [-0.25, -0.2) is 4.98 Å². The van der Waals surface area contributed by atoms with Crippen molar-refractivity contribution in [2.45, 2.75) is 19.3 Å². The van der Waals surface area contributed by atoms with Gasteiger partial charge in [0.25, 0.3) is 0 Å². The predicted molar refractivity (Wildman–Crippen MR) is 75.3 cm³/mol. The van der Waals surface area contributed by atoms with Crippen LogP contribution in [-0.4, -0.2) is 18.6 Å². The number of nitrogens with zero attached hydrogens (tertiary/aromatic N) is 1. The maximum atomic E-state index is 5.51. The zero-order chi connectivity index (χ0) is 12.8. The van der Waals surface area contributed by atoms with Crippen molar-refractivity contribution in [2.24, 2.45) is 5.73 Å². The molecule has 0 aliphatic heterocycles. The first-order valence-corrected chi connectivity index (χ1v) is 6.90. The first-order chi connectivity index (χ1) is 8.83. The van der Waals surface area contributed by atoms with Crippen LogP contribution in [0.25, 0.3) is 0 Å². The number of rotatable bonds is 6. The van der Waals surface area contributed by atoms with Crippen molar-refractivity contribution in [1.82, 2.24) is 4.98 Å². The van der Waals surface area contributed by atoms with E-state index in [1.807, 2.05) is 24.4 Å². The van der Waals surface area contributed by atoms with E-state index in [1.54, 1.807) is 18.4 Å². The average molecular weight is 262 g/mol. The van der Waals surface area contributed by atoms with E-state index >= 15 is 0 Å². The quantitative estimate of drug-likeness (QED) is 0.870. The van der Waals surface area contributed by atoms with Crippen LogP contribution in [0.5, 0.6) is 5.75 Å². The SMILES string of the molecule is COc1ccccc1Cc1ncc(CCCN)s1. The molecular formula is C14H18N2OS. The standard InChI is InChI=1S/C14H18N2OS/c1-17-13-7-3-2-5-11(13)9-14-16-10-12(18-14)6-4-8-15/h2-3,5,7,10H,4,6,8-9,15H2,1H3. The molecule has 96 valence electrons. The lowest BCUT2D eigenvalue weighted by Gasteiger charge is -2.05. The predicted octanol–water partition coefficient (Wildman–Crippen LogP) is 2.63. The Morgan fingerprint density at radius 1 is 1.33 bits per heavy atom. The maximum Gasteiger partial charge on any atom is 0.122 e. The van der Waals surface area contributed by atoms with Gasteiger partial charge >= 0.3 is 0 Å². The summed E-state index contributed by atoms with van der Waals surface area (Å²) in [5.74, 6) is 0.927. The van der Waals surface area contributed by atoms with Crippen molar-refractivity contribution >= 4 is 11.3 Å². The van der Waals surface area contributed by atoms with E-state index in [4.69, 9.17) is 10.5 Å². The van der Waals surface area contributed by atoms with Crippen molar-refractivity contribution in [1.29, 1.82) is 0 Å². The fourth-order valence-corrected chi connectivity index (χ4v) is 2.82. The fraction of sp³-hybridized carbons (Fsp3) is 0.357. The number of nitrogens with two attached hydrogens (primary N) is 1. The summed E-state index contributed by atoms with van der Waals surface area (Å²) in [5.41, 5.74) is 6.69.